The summed E-state index contributed by atoms with van der Waals surface area (Å²) < 4.78 is 11.3. The molecule has 9 heteroatoms. The Hall–Kier alpha value is -2.39. The summed E-state index contributed by atoms with van der Waals surface area (Å²) in [6.07, 6.45) is 6.72. The predicted molar refractivity (Wildman–Crippen MR) is 113 cm³/mol. The number of hydrogen-bond acceptors (Lipinski definition) is 9. The van der Waals surface area contributed by atoms with Gasteiger partial charge in [0.15, 0.2) is 5.82 Å². The van der Waals surface area contributed by atoms with E-state index in [1.807, 2.05) is 23.3 Å². The minimum Gasteiger partial charge on any atom is -0.478 e. The van der Waals surface area contributed by atoms with E-state index >= 15 is 0 Å². The molecule has 2 unspecified atom stereocenters. The van der Waals surface area contributed by atoms with Crippen LogP contribution in [0, 0.1) is 17.8 Å². The van der Waals surface area contributed by atoms with Crippen LogP contribution >= 0.6 is 0 Å². The Labute approximate surface area is 177 Å². The van der Waals surface area contributed by atoms with Crippen LogP contribution in [0.4, 0.5) is 11.7 Å². The standard InChI is InChI=1S/C21H31N7O2/c1-14(2)20-24-21(30-25-20)27-8-5-15(6-9-27)18-11-16(18)7-10-29-19-4-3-17(12-22-19)28-13-23-26-28/h3-4,12,14-16,18,23,26H,5-11,13H2,1-2H3. The lowest BCUT2D eigenvalue weighted by Gasteiger charge is -2.34. The fourth-order valence-corrected chi connectivity index (χ4v) is 4.53. The van der Waals surface area contributed by atoms with Gasteiger partial charge in [-0.2, -0.15) is 10.5 Å². The van der Waals surface area contributed by atoms with E-state index in [4.69, 9.17) is 9.26 Å². The number of pyridine rings is 1. The Morgan fingerprint density at radius 1 is 1.27 bits per heavy atom. The summed E-state index contributed by atoms with van der Waals surface area (Å²) in [6.45, 7) is 7.74. The van der Waals surface area contributed by atoms with E-state index in [1.54, 1.807) is 0 Å². The molecule has 0 amide bonds. The molecule has 0 spiro atoms. The monoisotopic (exact) mass is 413 g/mol. The quantitative estimate of drug-likeness (QED) is 0.678. The van der Waals surface area contributed by atoms with Crippen molar-refractivity contribution in [1.82, 2.24) is 26.1 Å². The molecule has 2 aromatic heterocycles. The van der Waals surface area contributed by atoms with E-state index in [2.05, 4.69) is 44.8 Å². The smallest absolute Gasteiger partial charge is 0.324 e. The highest BCUT2D eigenvalue weighted by atomic mass is 16.5. The first-order valence-electron chi connectivity index (χ1n) is 11.1. The third-order valence-corrected chi connectivity index (χ3v) is 6.56. The average molecular weight is 414 g/mol. The SMILES string of the molecule is CC(C)c1noc(N2CCC(C3CC3CCOc3ccc(N4CNN4)cn3)CC2)n1. The number of aromatic nitrogens is 3. The molecule has 2 atom stereocenters. The van der Waals surface area contributed by atoms with Gasteiger partial charge < -0.3 is 14.2 Å². The molecule has 30 heavy (non-hydrogen) atoms. The fraction of sp³-hybridized carbons (Fsp3) is 0.667. The van der Waals surface area contributed by atoms with E-state index in [1.165, 1.54) is 19.3 Å². The molecule has 3 aliphatic rings. The zero-order valence-electron chi connectivity index (χ0n) is 17.8. The summed E-state index contributed by atoms with van der Waals surface area (Å²) >= 11 is 0. The van der Waals surface area contributed by atoms with Gasteiger partial charge in [-0.1, -0.05) is 19.0 Å². The molecular formula is C21H31N7O2. The zero-order chi connectivity index (χ0) is 20.5. The Bertz CT molecular complexity index is 828. The minimum atomic E-state index is 0.303. The van der Waals surface area contributed by atoms with Crippen LogP contribution in [0.2, 0.25) is 0 Å². The third kappa shape index (κ3) is 4.22. The zero-order valence-corrected chi connectivity index (χ0v) is 17.8. The van der Waals surface area contributed by atoms with Crippen LogP contribution < -0.4 is 25.6 Å². The van der Waals surface area contributed by atoms with Gasteiger partial charge in [-0.15, -0.1) is 0 Å². The molecule has 1 aliphatic carbocycles. The second kappa shape index (κ2) is 8.39. The van der Waals surface area contributed by atoms with Crippen molar-refractivity contribution in [3.63, 3.8) is 0 Å². The summed E-state index contributed by atoms with van der Waals surface area (Å²) in [4.78, 5) is 11.2. The molecule has 9 nitrogen and oxygen atoms in total. The van der Waals surface area contributed by atoms with Crippen molar-refractivity contribution in [2.75, 3.05) is 36.3 Å². The van der Waals surface area contributed by atoms with Crippen LogP contribution in [0.5, 0.6) is 5.88 Å². The lowest BCUT2D eigenvalue weighted by Crippen LogP contribution is -2.63. The van der Waals surface area contributed by atoms with Gasteiger partial charge in [-0.3, -0.25) is 5.01 Å². The predicted octanol–water partition coefficient (Wildman–Crippen LogP) is 2.70. The van der Waals surface area contributed by atoms with E-state index in [0.29, 0.717) is 17.8 Å². The largest absolute Gasteiger partial charge is 0.478 e. The molecule has 0 bridgehead atoms. The molecular weight excluding hydrogens is 382 g/mol. The molecule has 162 valence electrons. The number of nitrogens with zero attached hydrogens (tertiary/aromatic N) is 5. The molecule has 2 N–H and O–H groups in total. The van der Waals surface area contributed by atoms with E-state index in [-0.39, 0.29) is 0 Å². The highest BCUT2D eigenvalue weighted by molar-refractivity contribution is 5.45. The Morgan fingerprint density at radius 3 is 2.73 bits per heavy atom. The molecule has 5 rings (SSSR count). The number of anilines is 2. The van der Waals surface area contributed by atoms with Crippen LogP contribution in [0.3, 0.4) is 0 Å². The Morgan fingerprint density at radius 2 is 2.10 bits per heavy atom. The van der Waals surface area contributed by atoms with Crippen LogP contribution in [0.15, 0.2) is 22.9 Å². The number of nitrogens with one attached hydrogen (secondary N) is 2. The second-order valence-electron chi connectivity index (χ2n) is 8.94. The van der Waals surface area contributed by atoms with Gasteiger partial charge in [0.1, 0.15) is 0 Å². The van der Waals surface area contributed by atoms with Crippen molar-refractivity contribution in [2.24, 2.45) is 17.8 Å². The molecule has 1 saturated carbocycles. The second-order valence-corrected chi connectivity index (χ2v) is 8.94. The van der Waals surface area contributed by atoms with E-state index in [9.17, 15) is 0 Å². The summed E-state index contributed by atoms with van der Waals surface area (Å²) in [7, 11) is 0. The average Bonchev–Trinajstić information content (AvgIpc) is 3.31. The maximum absolute atomic E-state index is 5.87. The van der Waals surface area contributed by atoms with Gasteiger partial charge in [0, 0.05) is 25.1 Å². The van der Waals surface area contributed by atoms with Gasteiger partial charge in [0.05, 0.1) is 25.2 Å². The van der Waals surface area contributed by atoms with Crippen LogP contribution in [-0.4, -0.2) is 41.5 Å². The van der Waals surface area contributed by atoms with Crippen LogP contribution in [0.1, 0.15) is 51.3 Å². The lowest BCUT2D eigenvalue weighted by atomic mass is 9.90. The van der Waals surface area contributed by atoms with Crippen molar-refractivity contribution >= 4 is 11.7 Å². The third-order valence-electron chi connectivity index (χ3n) is 6.56. The van der Waals surface area contributed by atoms with Crippen molar-refractivity contribution in [2.45, 2.75) is 45.4 Å². The van der Waals surface area contributed by atoms with Gasteiger partial charge in [0.25, 0.3) is 0 Å². The first-order chi connectivity index (χ1) is 14.7. The number of rotatable bonds is 8. The minimum absolute atomic E-state index is 0.303. The maximum atomic E-state index is 5.87. The molecule has 0 aromatic carbocycles. The van der Waals surface area contributed by atoms with Crippen molar-refractivity contribution in [1.29, 1.82) is 0 Å². The Kier molecular flexibility index (Phi) is 5.47. The first kappa shape index (κ1) is 19.6. The Balaban J connectivity index is 1.02. The van der Waals surface area contributed by atoms with E-state index < -0.39 is 0 Å². The molecule has 0 radical (unpaired) electrons. The van der Waals surface area contributed by atoms with Gasteiger partial charge >= 0.3 is 6.01 Å². The maximum Gasteiger partial charge on any atom is 0.324 e. The number of piperidine rings is 1. The molecule has 2 aliphatic heterocycles. The molecule has 2 saturated heterocycles. The summed E-state index contributed by atoms with van der Waals surface area (Å²) in [5, 5.41) is 6.08. The number of ether oxygens (including phenoxy) is 1. The molecule has 3 fully saturated rings. The van der Waals surface area contributed by atoms with Crippen molar-refractivity contribution in [3.05, 3.63) is 24.2 Å². The molecule has 4 heterocycles. The summed E-state index contributed by atoms with van der Waals surface area (Å²) in [5.41, 5.74) is 7.00. The van der Waals surface area contributed by atoms with Crippen molar-refractivity contribution < 1.29 is 9.26 Å². The van der Waals surface area contributed by atoms with Gasteiger partial charge in [0.2, 0.25) is 5.88 Å². The highest BCUT2D eigenvalue weighted by Crippen LogP contribution is 2.49. The highest BCUT2D eigenvalue weighted by Gasteiger charge is 2.43. The van der Waals surface area contributed by atoms with Crippen LogP contribution in [0.25, 0.3) is 0 Å². The van der Waals surface area contributed by atoms with E-state index in [0.717, 1.165) is 62.1 Å². The van der Waals surface area contributed by atoms with Gasteiger partial charge in [-0.05, 0) is 49.5 Å². The first-order valence-corrected chi connectivity index (χ1v) is 11.1. The number of hydrogen-bond donors (Lipinski definition) is 2. The summed E-state index contributed by atoms with van der Waals surface area (Å²) in [6, 6.07) is 4.66. The lowest BCUT2D eigenvalue weighted by molar-refractivity contribution is 0.274. The van der Waals surface area contributed by atoms with Crippen LogP contribution in [-0.2, 0) is 0 Å². The fourth-order valence-electron chi connectivity index (χ4n) is 4.53. The molecule has 2 aromatic rings. The normalized spacial score (nSPS) is 24.2. The van der Waals surface area contributed by atoms with Crippen molar-refractivity contribution in [3.8, 4) is 5.88 Å². The van der Waals surface area contributed by atoms with Gasteiger partial charge in [-0.25, -0.2) is 10.4 Å². The number of hydrazine groups is 2. The summed E-state index contributed by atoms with van der Waals surface area (Å²) in [5.74, 6) is 4.27. The topological polar surface area (TPSA) is 91.6 Å².